The van der Waals surface area contributed by atoms with Crippen molar-refractivity contribution in [2.75, 3.05) is 18.4 Å². The number of carbonyl (C=O) groups excluding carboxylic acids is 1. The molecule has 0 unspecified atom stereocenters. The molecule has 168 valence electrons. The minimum atomic E-state index is -3.56. The van der Waals surface area contributed by atoms with Gasteiger partial charge in [0.25, 0.3) is 0 Å². The van der Waals surface area contributed by atoms with Crippen molar-refractivity contribution < 1.29 is 13.2 Å². The number of hydrogen-bond donors (Lipinski definition) is 1. The molecular weight excluding hydrogens is 422 g/mol. The lowest BCUT2D eigenvalue weighted by Crippen LogP contribution is -2.35. The van der Waals surface area contributed by atoms with Gasteiger partial charge in [-0.2, -0.15) is 4.31 Å². The Balaban J connectivity index is 1.58. The van der Waals surface area contributed by atoms with Crippen LogP contribution in [0.5, 0.6) is 0 Å². The van der Waals surface area contributed by atoms with E-state index in [1.807, 2.05) is 45.0 Å². The fraction of sp³-hybridized carbons (Fsp3) is 0.360. The number of hydrogen-bond acceptors (Lipinski definition) is 4. The lowest BCUT2D eigenvalue weighted by atomic mass is 9.99. The Morgan fingerprint density at radius 2 is 1.75 bits per heavy atom. The van der Waals surface area contributed by atoms with E-state index in [2.05, 4.69) is 10.3 Å². The fourth-order valence-electron chi connectivity index (χ4n) is 4.34. The smallest absolute Gasteiger partial charge is 0.243 e. The van der Waals surface area contributed by atoms with Crippen LogP contribution in [-0.2, 0) is 21.2 Å². The maximum absolute atomic E-state index is 13.0. The van der Waals surface area contributed by atoms with Gasteiger partial charge in [-0.25, -0.2) is 8.42 Å². The molecule has 0 saturated carbocycles. The van der Waals surface area contributed by atoms with E-state index in [-0.39, 0.29) is 17.2 Å². The average Bonchev–Trinajstić information content (AvgIpc) is 2.78. The third-order valence-electron chi connectivity index (χ3n) is 6.26. The van der Waals surface area contributed by atoms with Crippen molar-refractivity contribution in [1.82, 2.24) is 9.29 Å². The Labute approximate surface area is 189 Å². The first kappa shape index (κ1) is 22.4. The maximum Gasteiger partial charge on any atom is 0.243 e. The number of fused-ring (bicyclic) bond motifs is 1. The van der Waals surface area contributed by atoms with Crippen molar-refractivity contribution in [3.8, 4) is 0 Å². The monoisotopic (exact) mass is 451 g/mol. The number of nitrogens with one attached hydrogen (secondary N) is 1. The molecule has 7 heteroatoms. The zero-order valence-electron chi connectivity index (χ0n) is 18.8. The van der Waals surface area contributed by atoms with Crippen LogP contribution < -0.4 is 5.32 Å². The quantitative estimate of drug-likeness (QED) is 0.619. The van der Waals surface area contributed by atoms with E-state index >= 15 is 0 Å². The first-order chi connectivity index (χ1) is 15.3. The molecule has 2 heterocycles. The van der Waals surface area contributed by atoms with E-state index in [1.165, 1.54) is 0 Å². The topological polar surface area (TPSA) is 79.4 Å². The number of rotatable bonds is 5. The van der Waals surface area contributed by atoms with Gasteiger partial charge in [-0.3, -0.25) is 9.78 Å². The van der Waals surface area contributed by atoms with E-state index in [1.54, 1.807) is 22.5 Å². The van der Waals surface area contributed by atoms with E-state index in [4.69, 9.17) is 0 Å². The number of anilines is 1. The summed E-state index contributed by atoms with van der Waals surface area (Å²) in [4.78, 5) is 17.8. The van der Waals surface area contributed by atoms with Gasteiger partial charge in [-0.15, -0.1) is 0 Å². The Morgan fingerprint density at radius 1 is 1.03 bits per heavy atom. The number of pyridine rings is 1. The van der Waals surface area contributed by atoms with Crippen molar-refractivity contribution >= 4 is 32.5 Å². The average molecular weight is 452 g/mol. The molecule has 1 N–H and O–H groups in total. The minimum absolute atomic E-state index is 0.179. The minimum Gasteiger partial charge on any atom is -0.326 e. The van der Waals surface area contributed by atoms with Crippen LogP contribution >= 0.6 is 0 Å². The Bertz CT molecular complexity index is 1280. The second kappa shape index (κ2) is 9.00. The predicted octanol–water partition coefficient (Wildman–Crippen LogP) is 4.52. The number of aromatic nitrogens is 1. The lowest BCUT2D eigenvalue weighted by molar-refractivity contribution is -0.115. The molecule has 0 spiro atoms. The van der Waals surface area contributed by atoms with Crippen LogP contribution in [0.15, 0.2) is 47.4 Å². The van der Waals surface area contributed by atoms with E-state index in [0.717, 1.165) is 52.5 Å². The van der Waals surface area contributed by atoms with Crippen molar-refractivity contribution in [3.63, 3.8) is 0 Å². The Morgan fingerprint density at radius 3 is 2.50 bits per heavy atom. The predicted molar refractivity (Wildman–Crippen MR) is 127 cm³/mol. The van der Waals surface area contributed by atoms with Gasteiger partial charge in [0.05, 0.1) is 16.8 Å². The summed E-state index contributed by atoms with van der Waals surface area (Å²) in [6, 6.07) is 12.9. The summed E-state index contributed by atoms with van der Waals surface area (Å²) >= 11 is 0. The molecule has 0 aliphatic carbocycles. The van der Waals surface area contributed by atoms with Gasteiger partial charge in [0.1, 0.15) is 0 Å². The number of benzene rings is 2. The largest absolute Gasteiger partial charge is 0.326 e. The maximum atomic E-state index is 13.0. The molecule has 1 fully saturated rings. The number of nitrogens with zero attached hydrogens (tertiary/aromatic N) is 2. The van der Waals surface area contributed by atoms with Crippen LogP contribution in [0.2, 0.25) is 0 Å². The number of aryl methyl sites for hydroxylation is 3. The Hall–Kier alpha value is -2.77. The molecule has 1 aromatic heterocycles. The SMILES string of the molecule is Cc1ccc(S(=O)(=O)N2CCCCC2)cc1NC(=O)Cc1c(C)nc2ccccc2c1C. The summed E-state index contributed by atoms with van der Waals surface area (Å²) < 4.78 is 27.6. The van der Waals surface area contributed by atoms with E-state index < -0.39 is 10.0 Å². The molecule has 0 atom stereocenters. The first-order valence-electron chi connectivity index (χ1n) is 11.0. The number of carbonyl (C=O) groups is 1. The normalized spacial score (nSPS) is 15.1. The highest BCUT2D eigenvalue weighted by molar-refractivity contribution is 7.89. The highest BCUT2D eigenvalue weighted by Gasteiger charge is 2.26. The van der Waals surface area contributed by atoms with Gasteiger partial charge in [0, 0.05) is 29.9 Å². The third kappa shape index (κ3) is 4.40. The zero-order valence-corrected chi connectivity index (χ0v) is 19.6. The molecule has 0 bridgehead atoms. The number of sulfonamides is 1. The summed E-state index contributed by atoms with van der Waals surface area (Å²) in [6.07, 6.45) is 3.00. The molecule has 3 aromatic rings. The van der Waals surface area contributed by atoms with Crippen LogP contribution in [-0.4, -0.2) is 36.7 Å². The van der Waals surface area contributed by atoms with Gasteiger partial charge >= 0.3 is 0 Å². The van der Waals surface area contributed by atoms with Crippen molar-refractivity contribution in [2.24, 2.45) is 0 Å². The van der Waals surface area contributed by atoms with Crippen LogP contribution in [0, 0.1) is 20.8 Å². The van der Waals surface area contributed by atoms with Crippen molar-refractivity contribution in [1.29, 1.82) is 0 Å². The van der Waals surface area contributed by atoms with Gasteiger partial charge in [-0.1, -0.05) is 30.7 Å². The van der Waals surface area contributed by atoms with E-state index in [0.29, 0.717) is 18.8 Å². The van der Waals surface area contributed by atoms with Gasteiger partial charge in [-0.05, 0) is 68.5 Å². The number of para-hydroxylation sites is 1. The summed E-state index contributed by atoms with van der Waals surface area (Å²) in [5.74, 6) is -0.191. The zero-order chi connectivity index (χ0) is 22.9. The van der Waals surface area contributed by atoms with Crippen LogP contribution in [0.3, 0.4) is 0 Å². The Kier molecular flexibility index (Phi) is 6.31. The molecule has 32 heavy (non-hydrogen) atoms. The molecule has 1 aliphatic rings. The number of amides is 1. The first-order valence-corrected chi connectivity index (χ1v) is 12.5. The van der Waals surface area contributed by atoms with Gasteiger partial charge in [0.2, 0.25) is 15.9 Å². The summed E-state index contributed by atoms with van der Waals surface area (Å²) in [6.45, 7) is 6.88. The molecule has 6 nitrogen and oxygen atoms in total. The molecule has 4 rings (SSSR count). The number of piperidine rings is 1. The lowest BCUT2D eigenvalue weighted by Gasteiger charge is -2.26. The molecule has 1 amide bonds. The molecular formula is C25H29N3O3S. The van der Waals surface area contributed by atoms with Crippen molar-refractivity contribution in [3.05, 3.63) is 64.8 Å². The molecule has 0 radical (unpaired) electrons. The summed E-state index contributed by atoms with van der Waals surface area (Å²) in [5.41, 5.74) is 5.03. The van der Waals surface area contributed by atoms with Gasteiger partial charge < -0.3 is 5.32 Å². The second-order valence-corrected chi connectivity index (χ2v) is 10.4. The molecule has 1 aliphatic heterocycles. The van der Waals surface area contributed by atoms with Crippen LogP contribution in [0.25, 0.3) is 10.9 Å². The highest BCUT2D eigenvalue weighted by Crippen LogP contribution is 2.26. The standard InChI is InChI=1S/C25H29N3O3S/c1-17-11-12-20(32(30,31)28-13-7-4-8-14-28)15-24(17)27-25(29)16-22-18(2)21-9-5-6-10-23(21)26-19(22)3/h5-6,9-12,15H,4,7-8,13-14,16H2,1-3H3,(H,27,29). The highest BCUT2D eigenvalue weighted by atomic mass is 32.2. The summed E-state index contributed by atoms with van der Waals surface area (Å²) in [7, 11) is -3.56. The molecule has 1 saturated heterocycles. The van der Waals surface area contributed by atoms with Crippen LogP contribution in [0.1, 0.15) is 41.6 Å². The van der Waals surface area contributed by atoms with Gasteiger partial charge in [0.15, 0.2) is 0 Å². The van der Waals surface area contributed by atoms with E-state index in [9.17, 15) is 13.2 Å². The molecule has 2 aromatic carbocycles. The fourth-order valence-corrected chi connectivity index (χ4v) is 5.88. The summed E-state index contributed by atoms with van der Waals surface area (Å²) in [5, 5.41) is 3.96. The second-order valence-electron chi connectivity index (χ2n) is 8.48. The van der Waals surface area contributed by atoms with Crippen molar-refractivity contribution in [2.45, 2.75) is 51.3 Å². The van der Waals surface area contributed by atoms with Crippen LogP contribution in [0.4, 0.5) is 5.69 Å². The third-order valence-corrected chi connectivity index (χ3v) is 8.15.